The van der Waals surface area contributed by atoms with Crippen LogP contribution in [0, 0.1) is 6.92 Å². The number of rotatable bonds is 4. The maximum Gasteiger partial charge on any atom is 0.339 e. The highest BCUT2D eigenvalue weighted by atomic mass is 16.5. The Balaban J connectivity index is 2.42. The molecule has 2 rings (SSSR count). The molecule has 1 aromatic carbocycles. The number of aromatic nitrogens is 2. The van der Waals surface area contributed by atoms with Crippen LogP contribution in [-0.2, 0) is 0 Å². The van der Waals surface area contributed by atoms with E-state index in [1.807, 2.05) is 6.92 Å². The highest BCUT2D eigenvalue weighted by Crippen LogP contribution is 2.33. The van der Waals surface area contributed by atoms with Gasteiger partial charge in [-0.05, 0) is 24.6 Å². The molecule has 0 fully saturated rings. The molecule has 1 aromatic heterocycles. The van der Waals surface area contributed by atoms with Crippen molar-refractivity contribution in [1.82, 2.24) is 9.97 Å². The van der Waals surface area contributed by atoms with Gasteiger partial charge in [0.2, 0.25) is 0 Å². The van der Waals surface area contributed by atoms with Crippen LogP contribution >= 0.6 is 0 Å². The van der Waals surface area contributed by atoms with Crippen molar-refractivity contribution >= 4 is 5.97 Å². The van der Waals surface area contributed by atoms with Gasteiger partial charge in [0.15, 0.2) is 11.5 Å². The van der Waals surface area contributed by atoms with Gasteiger partial charge < -0.3 is 14.6 Å². The molecule has 1 N–H and O–H groups in total. The van der Waals surface area contributed by atoms with E-state index in [4.69, 9.17) is 14.6 Å². The van der Waals surface area contributed by atoms with Crippen LogP contribution in [0.4, 0.5) is 0 Å². The van der Waals surface area contributed by atoms with Crippen molar-refractivity contribution in [2.24, 2.45) is 0 Å². The lowest BCUT2D eigenvalue weighted by molar-refractivity contribution is 0.0693. The summed E-state index contributed by atoms with van der Waals surface area (Å²) in [6.45, 7) is 1.84. The average molecular weight is 260 g/mol. The third-order valence-corrected chi connectivity index (χ3v) is 2.38. The molecular formula is C13H12N2O4. The SMILES string of the molecule is COc1cccc(C(=O)O)c1Oc1ncc(C)cn1. The van der Waals surface area contributed by atoms with Crippen molar-refractivity contribution in [3.05, 3.63) is 41.7 Å². The fourth-order valence-electron chi connectivity index (χ4n) is 1.47. The number of carboxylic acids is 1. The summed E-state index contributed by atoms with van der Waals surface area (Å²) >= 11 is 0. The molecule has 6 heteroatoms. The summed E-state index contributed by atoms with van der Waals surface area (Å²) in [5, 5.41) is 9.13. The number of carboxylic acid groups (broad SMARTS) is 1. The third-order valence-electron chi connectivity index (χ3n) is 2.38. The number of benzene rings is 1. The van der Waals surface area contributed by atoms with Crippen LogP contribution in [0.2, 0.25) is 0 Å². The monoisotopic (exact) mass is 260 g/mol. The van der Waals surface area contributed by atoms with E-state index in [1.165, 1.54) is 13.2 Å². The smallest absolute Gasteiger partial charge is 0.339 e. The zero-order chi connectivity index (χ0) is 13.8. The number of hydrogen-bond acceptors (Lipinski definition) is 5. The first-order valence-corrected chi connectivity index (χ1v) is 5.48. The molecule has 0 aliphatic carbocycles. The maximum absolute atomic E-state index is 11.2. The molecule has 0 saturated carbocycles. The minimum Gasteiger partial charge on any atom is -0.493 e. The number of methoxy groups -OCH3 is 1. The molecule has 0 unspecified atom stereocenters. The second kappa shape index (κ2) is 5.34. The first kappa shape index (κ1) is 12.8. The van der Waals surface area contributed by atoms with Crippen LogP contribution in [0.3, 0.4) is 0 Å². The number of nitrogens with zero attached hydrogens (tertiary/aromatic N) is 2. The van der Waals surface area contributed by atoms with Gasteiger partial charge in [-0.15, -0.1) is 0 Å². The number of carbonyl (C=O) groups is 1. The molecule has 19 heavy (non-hydrogen) atoms. The number of hydrogen-bond donors (Lipinski definition) is 1. The molecule has 0 aliphatic rings. The predicted molar refractivity (Wildman–Crippen MR) is 66.8 cm³/mol. The highest BCUT2D eigenvalue weighted by Gasteiger charge is 2.17. The van der Waals surface area contributed by atoms with Gasteiger partial charge in [0, 0.05) is 12.4 Å². The Morgan fingerprint density at radius 3 is 2.53 bits per heavy atom. The second-order valence-corrected chi connectivity index (χ2v) is 3.79. The topological polar surface area (TPSA) is 81.5 Å². The van der Waals surface area contributed by atoms with Crippen LogP contribution < -0.4 is 9.47 Å². The van der Waals surface area contributed by atoms with Gasteiger partial charge in [0.25, 0.3) is 0 Å². The van der Waals surface area contributed by atoms with Crippen molar-refractivity contribution in [3.63, 3.8) is 0 Å². The standard InChI is InChI=1S/C13H12N2O4/c1-8-6-14-13(15-7-8)19-11-9(12(16)17)4-3-5-10(11)18-2/h3-7H,1-2H3,(H,16,17). The highest BCUT2D eigenvalue weighted by molar-refractivity contribution is 5.92. The first-order valence-electron chi connectivity index (χ1n) is 5.48. The summed E-state index contributed by atoms with van der Waals surface area (Å²) in [6, 6.07) is 4.67. The molecule has 2 aromatic rings. The van der Waals surface area contributed by atoms with Gasteiger partial charge >= 0.3 is 12.0 Å². The fraction of sp³-hybridized carbons (Fsp3) is 0.154. The van der Waals surface area contributed by atoms with Gasteiger partial charge in [0.05, 0.1) is 7.11 Å². The molecular weight excluding hydrogens is 248 g/mol. The summed E-state index contributed by atoms with van der Waals surface area (Å²) in [5.74, 6) is -0.716. The van der Waals surface area contributed by atoms with E-state index in [2.05, 4.69) is 9.97 Å². The Morgan fingerprint density at radius 1 is 1.26 bits per heavy atom. The predicted octanol–water partition coefficient (Wildman–Crippen LogP) is 2.28. The van der Waals surface area contributed by atoms with Crippen molar-refractivity contribution in [1.29, 1.82) is 0 Å². The normalized spacial score (nSPS) is 10.0. The van der Waals surface area contributed by atoms with E-state index in [0.717, 1.165) is 5.56 Å². The van der Waals surface area contributed by atoms with E-state index in [0.29, 0.717) is 5.75 Å². The number of aryl methyl sites for hydroxylation is 1. The van der Waals surface area contributed by atoms with Crippen molar-refractivity contribution < 1.29 is 19.4 Å². The third kappa shape index (κ3) is 2.79. The van der Waals surface area contributed by atoms with Crippen LogP contribution in [-0.4, -0.2) is 28.2 Å². The molecule has 0 atom stereocenters. The molecule has 0 amide bonds. The van der Waals surface area contributed by atoms with Crippen molar-refractivity contribution in [2.45, 2.75) is 6.92 Å². The van der Waals surface area contributed by atoms with Crippen LogP contribution in [0.15, 0.2) is 30.6 Å². The average Bonchev–Trinajstić information content (AvgIpc) is 2.41. The minimum absolute atomic E-state index is 0.0106. The molecule has 0 radical (unpaired) electrons. The summed E-state index contributed by atoms with van der Waals surface area (Å²) in [5.41, 5.74) is 0.870. The largest absolute Gasteiger partial charge is 0.493 e. The summed E-state index contributed by atoms with van der Waals surface area (Å²) in [7, 11) is 1.43. The Labute approximate surface area is 109 Å². The Morgan fingerprint density at radius 2 is 1.95 bits per heavy atom. The second-order valence-electron chi connectivity index (χ2n) is 3.79. The molecule has 1 heterocycles. The van der Waals surface area contributed by atoms with Crippen LogP contribution in [0.5, 0.6) is 17.5 Å². The minimum atomic E-state index is -1.11. The fourth-order valence-corrected chi connectivity index (χ4v) is 1.47. The molecule has 0 aliphatic heterocycles. The van der Waals surface area contributed by atoms with Gasteiger partial charge in [-0.2, -0.15) is 0 Å². The van der Waals surface area contributed by atoms with Gasteiger partial charge in [-0.25, -0.2) is 14.8 Å². The number of para-hydroxylation sites is 1. The molecule has 0 saturated heterocycles. The van der Waals surface area contributed by atoms with Crippen molar-refractivity contribution in [2.75, 3.05) is 7.11 Å². The van der Waals surface area contributed by atoms with Crippen LogP contribution in [0.1, 0.15) is 15.9 Å². The Kier molecular flexibility index (Phi) is 3.61. The molecule has 6 nitrogen and oxygen atoms in total. The lowest BCUT2D eigenvalue weighted by atomic mass is 10.2. The summed E-state index contributed by atoms with van der Waals surface area (Å²) < 4.78 is 10.5. The molecule has 0 spiro atoms. The van der Waals surface area contributed by atoms with Gasteiger partial charge in [-0.3, -0.25) is 0 Å². The van der Waals surface area contributed by atoms with E-state index in [-0.39, 0.29) is 17.3 Å². The molecule has 0 bridgehead atoms. The lowest BCUT2D eigenvalue weighted by Gasteiger charge is -2.11. The lowest BCUT2D eigenvalue weighted by Crippen LogP contribution is -2.03. The zero-order valence-corrected chi connectivity index (χ0v) is 10.5. The van der Waals surface area contributed by atoms with Gasteiger partial charge in [-0.1, -0.05) is 6.07 Å². The summed E-state index contributed by atoms with van der Waals surface area (Å²) in [6.07, 6.45) is 3.16. The number of ether oxygens (including phenoxy) is 2. The Hall–Kier alpha value is -2.63. The first-order chi connectivity index (χ1) is 9.11. The van der Waals surface area contributed by atoms with E-state index >= 15 is 0 Å². The maximum atomic E-state index is 11.2. The number of aromatic carboxylic acids is 1. The summed E-state index contributed by atoms with van der Waals surface area (Å²) in [4.78, 5) is 19.1. The van der Waals surface area contributed by atoms with E-state index in [1.54, 1.807) is 24.5 Å². The quantitative estimate of drug-likeness (QED) is 0.908. The van der Waals surface area contributed by atoms with Crippen LogP contribution in [0.25, 0.3) is 0 Å². The van der Waals surface area contributed by atoms with Crippen molar-refractivity contribution in [3.8, 4) is 17.5 Å². The van der Waals surface area contributed by atoms with E-state index in [9.17, 15) is 4.79 Å². The molecule has 98 valence electrons. The Bertz CT molecular complexity index is 596. The van der Waals surface area contributed by atoms with E-state index < -0.39 is 5.97 Å². The van der Waals surface area contributed by atoms with Gasteiger partial charge in [0.1, 0.15) is 5.56 Å². The zero-order valence-electron chi connectivity index (χ0n) is 10.5.